The number of nitrogens with zero attached hydrogens (tertiary/aromatic N) is 4. The van der Waals surface area contributed by atoms with E-state index in [0.29, 0.717) is 26.2 Å². The number of pyridine rings is 3. The van der Waals surface area contributed by atoms with Gasteiger partial charge in [-0.25, -0.2) is 9.86 Å². The van der Waals surface area contributed by atoms with Gasteiger partial charge in [0.05, 0.1) is 33.3 Å². The molecule has 0 fully saturated rings. The highest BCUT2D eigenvalue weighted by molar-refractivity contribution is 6.31. The molecule has 0 spiro atoms. The fraction of sp³-hybridized carbons (Fsp3) is 0.143. The second-order valence-corrected chi connectivity index (χ2v) is 7.33. The van der Waals surface area contributed by atoms with Gasteiger partial charge in [-0.15, -0.1) is 0 Å². The second-order valence-electron chi connectivity index (χ2n) is 6.02. The van der Waals surface area contributed by atoms with Crippen LogP contribution in [0.2, 0.25) is 15.1 Å². The summed E-state index contributed by atoms with van der Waals surface area (Å²) in [5.74, 6) is -1.32. The summed E-state index contributed by atoms with van der Waals surface area (Å²) in [6, 6.07) is 4.47. The third-order valence-electron chi connectivity index (χ3n) is 3.57. The highest BCUT2D eigenvalue weighted by atomic mass is 35.5. The van der Waals surface area contributed by atoms with Crippen LogP contribution in [0.5, 0.6) is 0 Å². The minimum Gasteiger partial charge on any atom is -0.478 e. The second kappa shape index (κ2) is 14.1. The van der Waals surface area contributed by atoms with Crippen molar-refractivity contribution in [1.82, 2.24) is 20.0 Å². The van der Waals surface area contributed by atoms with E-state index in [1.165, 1.54) is 70.4 Å². The highest BCUT2D eigenvalue weighted by Gasteiger charge is 2.11. The Morgan fingerprint density at radius 1 is 0.788 bits per heavy atom. The maximum Gasteiger partial charge on any atom is 0.337 e. The van der Waals surface area contributed by atoms with Crippen LogP contribution in [0.3, 0.4) is 0 Å². The maximum atomic E-state index is 11.4. The molecule has 33 heavy (non-hydrogen) atoms. The number of carboxylic acids is 1. The molecule has 0 saturated carbocycles. The molecule has 1 N–H and O–H groups in total. The van der Waals surface area contributed by atoms with E-state index in [1.807, 2.05) is 0 Å². The van der Waals surface area contributed by atoms with Crippen molar-refractivity contribution in [1.29, 1.82) is 0 Å². The molecule has 1 amide bonds. The lowest BCUT2D eigenvalue weighted by molar-refractivity contribution is -0.0757. The fourth-order valence-electron chi connectivity index (χ4n) is 1.93. The molecule has 0 atom stereocenters. The van der Waals surface area contributed by atoms with E-state index in [-0.39, 0.29) is 17.3 Å². The number of amides is 1. The summed E-state index contributed by atoms with van der Waals surface area (Å²) in [6.45, 7) is 1.48. The summed E-state index contributed by atoms with van der Waals surface area (Å²) in [5, 5.41) is 10.8. The van der Waals surface area contributed by atoms with Crippen molar-refractivity contribution in [2.24, 2.45) is 0 Å². The van der Waals surface area contributed by atoms with Gasteiger partial charge in [-0.05, 0) is 25.1 Å². The van der Waals surface area contributed by atoms with E-state index in [2.05, 4.69) is 15.0 Å². The molecular formula is C21H19Cl3N4O5. The molecule has 174 valence electrons. The van der Waals surface area contributed by atoms with Crippen LogP contribution in [0.15, 0.2) is 55.4 Å². The van der Waals surface area contributed by atoms with Gasteiger partial charge in [-0.1, -0.05) is 34.8 Å². The number of carbonyl (C=O) groups is 3. The molecule has 3 heterocycles. The van der Waals surface area contributed by atoms with E-state index in [9.17, 15) is 14.4 Å². The Kier molecular flexibility index (Phi) is 12.0. The predicted octanol–water partition coefficient (Wildman–Crippen LogP) is 4.74. The maximum absolute atomic E-state index is 11.4. The number of rotatable bonds is 4. The molecule has 0 aliphatic rings. The van der Waals surface area contributed by atoms with Crippen LogP contribution in [0.1, 0.15) is 38.0 Å². The Labute approximate surface area is 204 Å². The number of hydrogen-bond acceptors (Lipinski definition) is 7. The van der Waals surface area contributed by atoms with Crippen molar-refractivity contribution in [3.63, 3.8) is 0 Å². The number of hydrogen-bond donors (Lipinski definition) is 1. The van der Waals surface area contributed by atoms with Crippen LogP contribution in [-0.2, 0) is 4.84 Å². The molecule has 3 aromatic rings. The van der Waals surface area contributed by atoms with Gasteiger partial charge >= 0.3 is 5.97 Å². The number of halogens is 3. The minimum atomic E-state index is -1.02. The molecule has 0 saturated heterocycles. The Morgan fingerprint density at radius 2 is 1.18 bits per heavy atom. The summed E-state index contributed by atoms with van der Waals surface area (Å²) in [5.41, 5.74) is 1.05. The largest absolute Gasteiger partial charge is 0.478 e. The van der Waals surface area contributed by atoms with Crippen molar-refractivity contribution in [3.05, 3.63) is 87.1 Å². The topological polar surface area (TPSA) is 123 Å². The molecule has 0 aromatic carbocycles. The molecule has 0 aliphatic heterocycles. The summed E-state index contributed by atoms with van der Waals surface area (Å²) in [6.07, 6.45) is 8.51. The number of aromatic nitrogens is 3. The van der Waals surface area contributed by atoms with E-state index in [0.717, 1.165) is 5.06 Å². The lowest BCUT2D eigenvalue weighted by atomic mass is 10.2. The number of ketones is 1. The Bertz CT molecular complexity index is 1060. The Morgan fingerprint density at radius 3 is 1.52 bits per heavy atom. The quantitative estimate of drug-likeness (QED) is 0.392. The standard InChI is InChI=1S/C8H9ClN2O2.C7H6ClNO.C6H4ClNO2/c1-11(13-2)8(12)6-3-7(9)5-10-4-6;1-5(10)6-2-7(8)4-9-3-6;7-5-1-4(6(9)10)2-8-3-5/h3-5H,1-2H3;2-4H,1H3;1-3H,(H,9,10). The zero-order valence-corrected chi connectivity index (χ0v) is 20.0. The van der Waals surface area contributed by atoms with Gasteiger partial charge in [0.1, 0.15) is 0 Å². The van der Waals surface area contributed by atoms with Crippen LogP contribution >= 0.6 is 34.8 Å². The van der Waals surface area contributed by atoms with Gasteiger partial charge in [0.2, 0.25) is 0 Å². The average molecular weight is 514 g/mol. The van der Waals surface area contributed by atoms with Crippen molar-refractivity contribution in [3.8, 4) is 0 Å². The predicted molar refractivity (Wildman–Crippen MR) is 124 cm³/mol. The van der Waals surface area contributed by atoms with E-state index in [1.54, 1.807) is 6.07 Å². The normalized spacial score (nSPS) is 9.52. The third-order valence-corrected chi connectivity index (χ3v) is 4.20. The molecule has 0 unspecified atom stereocenters. The van der Waals surface area contributed by atoms with Gasteiger partial charge in [-0.3, -0.25) is 29.4 Å². The summed E-state index contributed by atoms with van der Waals surface area (Å²) in [4.78, 5) is 48.2. The van der Waals surface area contributed by atoms with Crippen molar-refractivity contribution in [2.45, 2.75) is 6.92 Å². The van der Waals surface area contributed by atoms with Crippen LogP contribution < -0.4 is 0 Å². The SMILES string of the molecule is CC(=O)c1cncc(Cl)c1.CON(C)C(=O)c1cncc(Cl)c1.O=C(O)c1cncc(Cl)c1. The first-order valence-electron chi connectivity index (χ1n) is 8.93. The van der Waals surface area contributed by atoms with Crippen LogP contribution in [0.4, 0.5) is 0 Å². The minimum absolute atomic E-state index is 0.0185. The average Bonchev–Trinajstić information content (AvgIpc) is 2.79. The van der Waals surface area contributed by atoms with Gasteiger partial charge in [0, 0.05) is 49.8 Å². The van der Waals surface area contributed by atoms with Crippen LogP contribution in [-0.4, -0.2) is 56.9 Å². The fourth-order valence-corrected chi connectivity index (χ4v) is 2.45. The number of carbonyl (C=O) groups excluding carboxylic acids is 2. The summed E-state index contributed by atoms with van der Waals surface area (Å²) >= 11 is 16.7. The molecular weight excluding hydrogens is 495 g/mol. The third kappa shape index (κ3) is 10.4. The highest BCUT2D eigenvalue weighted by Crippen LogP contribution is 2.10. The molecule has 0 aliphatic carbocycles. The van der Waals surface area contributed by atoms with Crippen LogP contribution in [0, 0.1) is 0 Å². The first kappa shape index (κ1) is 27.9. The number of Topliss-reactive ketones (excluding diaryl/α,β-unsaturated/α-hetero) is 1. The molecule has 3 rings (SSSR count). The lowest BCUT2D eigenvalue weighted by Crippen LogP contribution is -2.25. The number of aromatic carboxylic acids is 1. The van der Waals surface area contributed by atoms with E-state index < -0.39 is 5.97 Å². The molecule has 12 heteroatoms. The van der Waals surface area contributed by atoms with E-state index >= 15 is 0 Å². The molecule has 0 radical (unpaired) electrons. The molecule has 9 nitrogen and oxygen atoms in total. The summed E-state index contributed by atoms with van der Waals surface area (Å²) < 4.78 is 0. The van der Waals surface area contributed by atoms with Gasteiger partial charge in [0.15, 0.2) is 5.78 Å². The van der Waals surface area contributed by atoms with Gasteiger partial charge in [-0.2, -0.15) is 0 Å². The van der Waals surface area contributed by atoms with Crippen LogP contribution in [0.25, 0.3) is 0 Å². The summed E-state index contributed by atoms with van der Waals surface area (Å²) in [7, 11) is 2.93. The van der Waals surface area contributed by atoms with Gasteiger partial charge in [0.25, 0.3) is 5.91 Å². The Balaban J connectivity index is 0.000000251. The molecule has 0 bridgehead atoms. The van der Waals surface area contributed by atoms with Crippen molar-refractivity contribution < 1.29 is 24.3 Å². The lowest BCUT2D eigenvalue weighted by Gasteiger charge is -2.12. The van der Waals surface area contributed by atoms with Crippen molar-refractivity contribution in [2.75, 3.05) is 14.2 Å². The molecule has 3 aromatic heterocycles. The zero-order chi connectivity index (χ0) is 25.0. The zero-order valence-electron chi connectivity index (χ0n) is 17.7. The van der Waals surface area contributed by atoms with Crippen molar-refractivity contribution >= 4 is 52.5 Å². The van der Waals surface area contributed by atoms with E-state index in [4.69, 9.17) is 44.7 Å². The first-order valence-corrected chi connectivity index (χ1v) is 10.1. The smallest absolute Gasteiger partial charge is 0.337 e. The Hall–Kier alpha value is -3.11. The number of hydroxylamine groups is 2. The van der Waals surface area contributed by atoms with Gasteiger partial charge < -0.3 is 5.11 Å². The monoisotopic (exact) mass is 512 g/mol. The first-order chi connectivity index (χ1) is 15.5. The number of carboxylic acid groups (broad SMARTS) is 1.